The topological polar surface area (TPSA) is 65.1 Å². The van der Waals surface area contributed by atoms with Crippen LogP contribution in [0.15, 0.2) is 64.5 Å². The van der Waals surface area contributed by atoms with Crippen LogP contribution in [0.25, 0.3) is 26.6 Å². The molecule has 3 aromatic heterocycles. The number of benzene rings is 2. The average molecular weight is 440 g/mol. The predicted molar refractivity (Wildman–Crippen MR) is 118 cm³/mol. The minimum Gasteiger partial charge on any atom is -0.305 e. The quantitative estimate of drug-likeness (QED) is 0.381. The van der Waals surface area contributed by atoms with Crippen molar-refractivity contribution < 1.29 is 0 Å². The van der Waals surface area contributed by atoms with E-state index in [0.29, 0.717) is 27.3 Å². The monoisotopic (exact) mass is 439 g/mol. The number of halogens is 1. The Morgan fingerprint density at radius 2 is 1.90 bits per heavy atom. The lowest BCUT2D eigenvalue weighted by Crippen LogP contribution is -2.13. The van der Waals surface area contributed by atoms with Gasteiger partial charge in [0.1, 0.15) is 0 Å². The summed E-state index contributed by atoms with van der Waals surface area (Å²) in [6.45, 7) is 0. The van der Waals surface area contributed by atoms with E-state index in [2.05, 4.69) is 15.2 Å². The largest absolute Gasteiger partial charge is 0.305 e. The molecule has 0 bridgehead atoms. The highest BCUT2D eigenvalue weighted by Crippen LogP contribution is 2.29. The highest BCUT2D eigenvalue weighted by Gasteiger charge is 2.15. The molecule has 0 amide bonds. The lowest BCUT2D eigenvalue weighted by Gasteiger charge is -2.05. The molecular formula is C20H14ClN5OS2. The molecule has 0 fully saturated rings. The summed E-state index contributed by atoms with van der Waals surface area (Å²) < 4.78 is 4.60. The predicted octanol–water partition coefficient (Wildman–Crippen LogP) is 4.65. The number of hydrogen-bond acceptors (Lipinski definition) is 6. The first-order valence-electron chi connectivity index (χ1n) is 8.79. The van der Waals surface area contributed by atoms with Crippen molar-refractivity contribution in [2.24, 2.45) is 7.05 Å². The number of hydrogen-bond donors (Lipinski definition) is 0. The third kappa shape index (κ3) is 3.23. The minimum atomic E-state index is -0.0715. The van der Waals surface area contributed by atoms with Crippen molar-refractivity contribution in [2.75, 3.05) is 0 Å². The fourth-order valence-electron chi connectivity index (χ4n) is 3.15. The van der Waals surface area contributed by atoms with Crippen LogP contribution in [0.4, 0.5) is 0 Å². The molecule has 0 N–H and O–H groups in total. The van der Waals surface area contributed by atoms with Crippen molar-refractivity contribution in [3.8, 4) is 11.4 Å². The Labute approximate surface area is 178 Å². The number of fused-ring (bicyclic) bond motifs is 3. The number of rotatable bonds is 4. The number of nitrogens with zero attached hydrogens (tertiary/aromatic N) is 5. The zero-order valence-electron chi connectivity index (χ0n) is 15.2. The lowest BCUT2D eigenvalue weighted by atomic mass is 10.2. The van der Waals surface area contributed by atoms with E-state index in [4.69, 9.17) is 11.6 Å². The van der Waals surface area contributed by atoms with E-state index in [0.717, 1.165) is 20.9 Å². The number of thioether (sulfide) groups is 1. The standard InChI is InChI=1S/C20H14ClN5OS2/c1-25-18(13-6-2-3-7-14(13)21)23-24-20(25)28-11-12-10-17(27)26-15-8-4-5-9-16(15)29-19(26)22-12/h2-10H,11H2,1H3. The molecule has 0 radical (unpaired) electrons. The van der Waals surface area contributed by atoms with Crippen LogP contribution in [-0.4, -0.2) is 24.1 Å². The Balaban J connectivity index is 1.45. The second kappa shape index (κ2) is 7.29. The first-order chi connectivity index (χ1) is 14.1. The van der Waals surface area contributed by atoms with Gasteiger partial charge in [-0.15, -0.1) is 10.2 Å². The molecule has 0 saturated carbocycles. The van der Waals surface area contributed by atoms with E-state index < -0.39 is 0 Å². The van der Waals surface area contributed by atoms with Gasteiger partial charge < -0.3 is 4.57 Å². The fourth-order valence-corrected chi connectivity index (χ4v) is 5.23. The summed E-state index contributed by atoms with van der Waals surface area (Å²) in [7, 11) is 1.90. The molecule has 0 aliphatic heterocycles. The molecule has 0 aliphatic carbocycles. The second-order valence-corrected chi connectivity index (χ2v) is 8.77. The van der Waals surface area contributed by atoms with Crippen molar-refractivity contribution in [3.63, 3.8) is 0 Å². The SMILES string of the molecule is Cn1c(SCc2cc(=O)n3c(n2)sc2ccccc23)nnc1-c1ccccc1Cl. The maximum Gasteiger partial charge on any atom is 0.259 e. The molecule has 0 aliphatic rings. The number of thiazole rings is 1. The van der Waals surface area contributed by atoms with Gasteiger partial charge in [-0.3, -0.25) is 9.20 Å². The van der Waals surface area contributed by atoms with Crippen molar-refractivity contribution >= 4 is 49.9 Å². The van der Waals surface area contributed by atoms with Crippen molar-refractivity contribution in [3.05, 3.63) is 75.7 Å². The summed E-state index contributed by atoms with van der Waals surface area (Å²) in [5.41, 5.74) is 2.37. The van der Waals surface area contributed by atoms with E-state index in [1.807, 2.05) is 60.1 Å². The molecule has 29 heavy (non-hydrogen) atoms. The van der Waals surface area contributed by atoms with Gasteiger partial charge in [0.05, 0.1) is 20.9 Å². The van der Waals surface area contributed by atoms with Gasteiger partial charge in [-0.1, -0.05) is 59.0 Å². The summed E-state index contributed by atoms with van der Waals surface area (Å²) in [4.78, 5) is 18.0. The van der Waals surface area contributed by atoms with Gasteiger partial charge in [0, 0.05) is 24.4 Å². The molecule has 9 heteroatoms. The zero-order valence-corrected chi connectivity index (χ0v) is 17.6. The molecular weight excluding hydrogens is 426 g/mol. The second-order valence-electron chi connectivity index (χ2n) is 6.41. The molecule has 2 aromatic carbocycles. The van der Waals surface area contributed by atoms with E-state index in [1.54, 1.807) is 10.5 Å². The third-order valence-electron chi connectivity index (χ3n) is 4.55. The van der Waals surface area contributed by atoms with Crippen LogP contribution in [-0.2, 0) is 12.8 Å². The van der Waals surface area contributed by atoms with Crippen LogP contribution < -0.4 is 5.56 Å². The Bertz CT molecular complexity index is 1420. The maximum absolute atomic E-state index is 12.7. The van der Waals surface area contributed by atoms with E-state index in [-0.39, 0.29) is 5.56 Å². The van der Waals surface area contributed by atoms with Gasteiger partial charge in [0.2, 0.25) is 0 Å². The average Bonchev–Trinajstić information content (AvgIpc) is 3.27. The zero-order chi connectivity index (χ0) is 20.0. The molecule has 6 nitrogen and oxygen atoms in total. The normalized spacial score (nSPS) is 11.5. The molecule has 0 saturated heterocycles. The van der Waals surface area contributed by atoms with Crippen LogP contribution >= 0.6 is 34.7 Å². The first kappa shape index (κ1) is 18.4. The Morgan fingerprint density at radius 1 is 1.10 bits per heavy atom. The van der Waals surface area contributed by atoms with Gasteiger partial charge >= 0.3 is 0 Å². The Morgan fingerprint density at radius 3 is 2.76 bits per heavy atom. The fraction of sp³-hybridized carbons (Fsp3) is 0.100. The summed E-state index contributed by atoms with van der Waals surface area (Å²) >= 11 is 9.28. The van der Waals surface area contributed by atoms with E-state index in [1.165, 1.54) is 23.1 Å². The molecule has 0 spiro atoms. The van der Waals surface area contributed by atoms with Gasteiger partial charge in [-0.2, -0.15) is 0 Å². The van der Waals surface area contributed by atoms with E-state index >= 15 is 0 Å². The lowest BCUT2D eigenvalue weighted by molar-refractivity contribution is 0.793. The van der Waals surface area contributed by atoms with Gasteiger partial charge in [0.15, 0.2) is 15.9 Å². The first-order valence-corrected chi connectivity index (χ1v) is 11.0. The van der Waals surface area contributed by atoms with Crippen molar-refractivity contribution in [2.45, 2.75) is 10.9 Å². The minimum absolute atomic E-state index is 0.0715. The van der Waals surface area contributed by atoms with Crippen molar-refractivity contribution in [1.82, 2.24) is 24.1 Å². The number of aromatic nitrogens is 5. The van der Waals surface area contributed by atoms with Gasteiger partial charge in [-0.25, -0.2) is 4.98 Å². The third-order valence-corrected chi connectivity index (χ3v) is 6.95. The van der Waals surface area contributed by atoms with Gasteiger partial charge in [-0.05, 0) is 24.3 Å². The molecule has 0 atom stereocenters. The summed E-state index contributed by atoms with van der Waals surface area (Å²) in [5, 5.41) is 9.92. The van der Waals surface area contributed by atoms with Gasteiger partial charge in [0.25, 0.3) is 5.56 Å². The van der Waals surface area contributed by atoms with Crippen LogP contribution in [0.5, 0.6) is 0 Å². The summed E-state index contributed by atoms with van der Waals surface area (Å²) in [6.07, 6.45) is 0. The van der Waals surface area contributed by atoms with Crippen LogP contribution in [0, 0.1) is 0 Å². The highest BCUT2D eigenvalue weighted by atomic mass is 35.5. The molecule has 5 aromatic rings. The Kier molecular flexibility index (Phi) is 4.61. The number of para-hydroxylation sites is 1. The summed E-state index contributed by atoms with van der Waals surface area (Å²) in [5.74, 6) is 1.22. The van der Waals surface area contributed by atoms with E-state index in [9.17, 15) is 4.79 Å². The smallest absolute Gasteiger partial charge is 0.259 e. The highest BCUT2D eigenvalue weighted by molar-refractivity contribution is 7.98. The van der Waals surface area contributed by atoms with Crippen LogP contribution in [0.3, 0.4) is 0 Å². The summed E-state index contributed by atoms with van der Waals surface area (Å²) in [6, 6.07) is 17.0. The van der Waals surface area contributed by atoms with Crippen LogP contribution in [0.2, 0.25) is 5.02 Å². The maximum atomic E-state index is 12.7. The molecule has 5 rings (SSSR count). The molecule has 3 heterocycles. The van der Waals surface area contributed by atoms with Crippen molar-refractivity contribution in [1.29, 1.82) is 0 Å². The van der Waals surface area contributed by atoms with Crippen LogP contribution in [0.1, 0.15) is 5.69 Å². The molecule has 0 unspecified atom stereocenters. The molecule has 144 valence electrons. The Hall–Kier alpha value is -2.68.